The van der Waals surface area contributed by atoms with Crippen LogP contribution >= 0.6 is 0 Å². The molecular formula is C19H21N5O3. The summed E-state index contributed by atoms with van der Waals surface area (Å²) < 4.78 is 7.32. The average Bonchev–Trinajstić information content (AvgIpc) is 3.37. The van der Waals surface area contributed by atoms with Crippen LogP contribution in [-0.4, -0.2) is 44.4 Å². The van der Waals surface area contributed by atoms with E-state index in [-0.39, 0.29) is 17.7 Å². The van der Waals surface area contributed by atoms with E-state index in [0.29, 0.717) is 30.1 Å². The van der Waals surface area contributed by atoms with Gasteiger partial charge < -0.3 is 14.6 Å². The van der Waals surface area contributed by atoms with Crippen molar-refractivity contribution < 1.29 is 14.0 Å². The van der Waals surface area contributed by atoms with Gasteiger partial charge in [-0.3, -0.25) is 14.0 Å². The summed E-state index contributed by atoms with van der Waals surface area (Å²) in [5.74, 6) is 2.30. The predicted octanol–water partition coefficient (Wildman–Crippen LogP) is 1.90. The van der Waals surface area contributed by atoms with Crippen LogP contribution < -0.4 is 5.32 Å². The highest BCUT2D eigenvalue weighted by Gasteiger charge is 2.29. The number of hydrogen-bond donors (Lipinski definition) is 1. The highest BCUT2D eigenvalue weighted by molar-refractivity contribution is 5.94. The fourth-order valence-corrected chi connectivity index (χ4v) is 3.43. The van der Waals surface area contributed by atoms with Crippen LogP contribution in [0.3, 0.4) is 0 Å². The van der Waals surface area contributed by atoms with Crippen molar-refractivity contribution in [3.05, 3.63) is 53.4 Å². The Morgan fingerprint density at radius 1 is 1.26 bits per heavy atom. The summed E-state index contributed by atoms with van der Waals surface area (Å²) in [6.45, 7) is 5.12. The first kappa shape index (κ1) is 17.3. The van der Waals surface area contributed by atoms with E-state index < -0.39 is 0 Å². The van der Waals surface area contributed by atoms with Gasteiger partial charge in [-0.2, -0.15) is 0 Å². The Morgan fingerprint density at radius 2 is 2.11 bits per heavy atom. The van der Waals surface area contributed by atoms with Crippen LogP contribution in [0, 0.1) is 6.92 Å². The zero-order valence-electron chi connectivity index (χ0n) is 15.3. The van der Waals surface area contributed by atoms with Crippen molar-refractivity contribution in [2.24, 2.45) is 0 Å². The molecule has 1 fully saturated rings. The van der Waals surface area contributed by atoms with E-state index in [9.17, 15) is 9.59 Å². The molecule has 140 valence electrons. The van der Waals surface area contributed by atoms with E-state index in [0.717, 1.165) is 24.6 Å². The molecule has 8 heteroatoms. The Morgan fingerprint density at radius 3 is 2.81 bits per heavy atom. The van der Waals surface area contributed by atoms with Crippen LogP contribution in [0.1, 0.15) is 47.0 Å². The molecule has 1 atom stereocenters. The lowest BCUT2D eigenvalue weighted by Crippen LogP contribution is -2.25. The monoisotopic (exact) mass is 367 g/mol. The lowest BCUT2D eigenvalue weighted by Gasteiger charge is -2.13. The van der Waals surface area contributed by atoms with Crippen molar-refractivity contribution in [3.8, 4) is 0 Å². The molecule has 0 bridgehead atoms. The largest absolute Gasteiger partial charge is 0.465 e. The highest BCUT2D eigenvalue weighted by Crippen LogP contribution is 2.26. The van der Waals surface area contributed by atoms with E-state index >= 15 is 0 Å². The van der Waals surface area contributed by atoms with E-state index in [1.165, 1.54) is 0 Å². The Hall–Kier alpha value is -3.16. The number of aromatic nitrogens is 3. The van der Waals surface area contributed by atoms with Gasteiger partial charge in [0.25, 0.3) is 5.91 Å². The van der Waals surface area contributed by atoms with Gasteiger partial charge in [0.1, 0.15) is 17.3 Å². The van der Waals surface area contributed by atoms with Gasteiger partial charge in [-0.15, -0.1) is 10.2 Å². The first-order valence-electron chi connectivity index (χ1n) is 8.95. The Labute approximate surface area is 156 Å². The third kappa shape index (κ3) is 3.42. The highest BCUT2D eigenvalue weighted by atomic mass is 16.3. The van der Waals surface area contributed by atoms with Gasteiger partial charge in [0, 0.05) is 32.1 Å². The zero-order chi connectivity index (χ0) is 19.0. The summed E-state index contributed by atoms with van der Waals surface area (Å²) >= 11 is 0. The second-order valence-electron chi connectivity index (χ2n) is 6.85. The standard InChI is InChI=1S/C19H21N5O3/c1-12-3-5-16(27-12)9-20-19(26)15-4-6-17-21-22-18(24(17)11-15)14-7-8-23(10-14)13(2)25/h3-6,11,14H,7-10H2,1-2H3,(H,20,26)/t14-/m0/s1. The SMILES string of the molecule is CC(=O)N1CC[C@H](c2nnc3ccc(C(=O)NCc4ccc(C)o4)cn23)C1. The molecule has 1 aliphatic heterocycles. The second kappa shape index (κ2) is 6.86. The fourth-order valence-electron chi connectivity index (χ4n) is 3.43. The number of amides is 2. The number of fused-ring (bicyclic) bond motifs is 1. The molecule has 0 aromatic carbocycles. The number of nitrogens with one attached hydrogen (secondary N) is 1. The van der Waals surface area contributed by atoms with Crippen molar-refractivity contribution in [1.29, 1.82) is 0 Å². The number of pyridine rings is 1. The normalized spacial score (nSPS) is 16.8. The zero-order valence-corrected chi connectivity index (χ0v) is 15.3. The fraction of sp³-hybridized carbons (Fsp3) is 0.368. The lowest BCUT2D eigenvalue weighted by atomic mass is 10.1. The third-order valence-electron chi connectivity index (χ3n) is 4.91. The maximum atomic E-state index is 12.5. The van der Waals surface area contributed by atoms with Gasteiger partial charge in [0.2, 0.25) is 5.91 Å². The molecule has 0 unspecified atom stereocenters. The minimum atomic E-state index is -0.192. The molecule has 1 saturated heterocycles. The number of carbonyl (C=O) groups excluding carboxylic acids is 2. The van der Waals surface area contributed by atoms with E-state index in [1.807, 2.05) is 28.4 Å². The smallest absolute Gasteiger partial charge is 0.253 e. The molecule has 3 aromatic heterocycles. The van der Waals surface area contributed by atoms with Gasteiger partial charge in [0.15, 0.2) is 5.65 Å². The van der Waals surface area contributed by atoms with Crippen molar-refractivity contribution in [1.82, 2.24) is 24.8 Å². The summed E-state index contributed by atoms with van der Waals surface area (Å²) in [6.07, 6.45) is 2.60. The van der Waals surface area contributed by atoms with Crippen LogP contribution in [-0.2, 0) is 11.3 Å². The number of carbonyl (C=O) groups is 2. The predicted molar refractivity (Wildman–Crippen MR) is 97.2 cm³/mol. The molecule has 27 heavy (non-hydrogen) atoms. The maximum absolute atomic E-state index is 12.5. The minimum Gasteiger partial charge on any atom is -0.465 e. The van der Waals surface area contributed by atoms with Gasteiger partial charge >= 0.3 is 0 Å². The first-order valence-corrected chi connectivity index (χ1v) is 8.95. The quantitative estimate of drug-likeness (QED) is 0.760. The lowest BCUT2D eigenvalue weighted by molar-refractivity contribution is -0.127. The Kier molecular flexibility index (Phi) is 4.39. The van der Waals surface area contributed by atoms with Crippen molar-refractivity contribution in [2.75, 3.05) is 13.1 Å². The van der Waals surface area contributed by atoms with Crippen LogP contribution in [0.2, 0.25) is 0 Å². The topological polar surface area (TPSA) is 92.7 Å². The van der Waals surface area contributed by atoms with Gasteiger partial charge in [-0.1, -0.05) is 0 Å². The number of nitrogens with zero attached hydrogens (tertiary/aromatic N) is 4. The molecule has 8 nitrogen and oxygen atoms in total. The maximum Gasteiger partial charge on any atom is 0.253 e. The molecule has 1 aliphatic rings. The van der Waals surface area contributed by atoms with E-state index in [4.69, 9.17) is 4.42 Å². The van der Waals surface area contributed by atoms with Gasteiger partial charge in [-0.05, 0) is 37.6 Å². The van der Waals surface area contributed by atoms with Gasteiger partial charge in [-0.25, -0.2) is 0 Å². The third-order valence-corrected chi connectivity index (χ3v) is 4.91. The van der Waals surface area contributed by atoms with Crippen molar-refractivity contribution in [2.45, 2.75) is 32.7 Å². The molecule has 0 radical (unpaired) electrons. The summed E-state index contributed by atoms with van der Waals surface area (Å²) in [6, 6.07) is 7.22. The molecule has 4 heterocycles. The number of furan rings is 1. The molecule has 3 aromatic rings. The van der Waals surface area contributed by atoms with Crippen molar-refractivity contribution >= 4 is 17.5 Å². The minimum absolute atomic E-state index is 0.0690. The number of likely N-dealkylation sites (tertiary alicyclic amines) is 1. The van der Waals surface area contributed by atoms with Crippen LogP contribution in [0.5, 0.6) is 0 Å². The summed E-state index contributed by atoms with van der Waals surface area (Å²) in [5, 5.41) is 11.3. The summed E-state index contributed by atoms with van der Waals surface area (Å²) in [4.78, 5) is 25.9. The molecule has 2 amide bonds. The molecule has 1 N–H and O–H groups in total. The molecule has 0 spiro atoms. The Bertz CT molecular complexity index is 1010. The van der Waals surface area contributed by atoms with Crippen LogP contribution in [0.25, 0.3) is 5.65 Å². The van der Waals surface area contributed by atoms with Gasteiger partial charge in [0.05, 0.1) is 12.1 Å². The van der Waals surface area contributed by atoms with Crippen LogP contribution in [0.4, 0.5) is 0 Å². The average molecular weight is 367 g/mol. The van der Waals surface area contributed by atoms with Crippen LogP contribution in [0.15, 0.2) is 34.9 Å². The summed E-state index contributed by atoms with van der Waals surface area (Å²) in [7, 11) is 0. The number of aryl methyl sites for hydroxylation is 1. The van der Waals surface area contributed by atoms with Crippen molar-refractivity contribution in [3.63, 3.8) is 0 Å². The second-order valence-corrected chi connectivity index (χ2v) is 6.85. The first-order chi connectivity index (χ1) is 13.0. The number of rotatable bonds is 4. The molecule has 4 rings (SSSR count). The Balaban J connectivity index is 1.53. The van der Waals surface area contributed by atoms with E-state index in [1.54, 1.807) is 25.3 Å². The number of hydrogen-bond acceptors (Lipinski definition) is 5. The molecular weight excluding hydrogens is 346 g/mol. The molecule has 0 saturated carbocycles. The molecule has 0 aliphatic carbocycles. The summed E-state index contributed by atoms with van der Waals surface area (Å²) in [5.41, 5.74) is 1.21. The van der Waals surface area contributed by atoms with E-state index in [2.05, 4.69) is 15.5 Å².